The molecule has 80 valence electrons. The Morgan fingerprint density at radius 1 is 1.36 bits per heavy atom. The fourth-order valence-corrected chi connectivity index (χ4v) is 2.10. The summed E-state index contributed by atoms with van der Waals surface area (Å²) in [6.45, 7) is 9.08. The van der Waals surface area contributed by atoms with Crippen LogP contribution < -0.4 is 11.5 Å². The van der Waals surface area contributed by atoms with Gasteiger partial charge in [0.2, 0.25) is 0 Å². The van der Waals surface area contributed by atoms with E-state index in [0.29, 0.717) is 12.6 Å². The number of aryl methyl sites for hydroxylation is 1. The van der Waals surface area contributed by atoms with Gasteiger partial charge in [0.25, 0.3) is 0 Å². The molecule has 4 N–H and O–H groups in total. The molecule has 1 rings (SSSR count). The van der Waals surface area contributed by atoms with Gasteiger partial charge < -0.3 is 16.0 Å². The predicted molar refractivity (Wildman–Crippen MR) is 60.3 cm³/mol. The lowest BCUT2D eigenvalue weighted by Crippen LogP contribution is -2.21. The van der Waals surface area contributed by atoms with Crippen molar-refractivity contribution in [3.05, 3.63) is 23.0 Å². The largest absolute Gasteiger partial charge is 0.346 e. The van der Waals surface area contributed by atoms with E-state index in [4.69, 9.17) is 11.5 Å². The van der Waals surface area contributed by atoms with E-state index < -0.39 is 0 Å². The van der Waals surface area contributed by atoms with Crippen molar-refractivity contribution >= 4 is 0 Å². The van der Waals surface area contributed by atoms with E-state index in [1.54, 1.807) is 0 Å². The van der Waals surface area contributed by atoms with Crippen LogP contribution in [-0.4, -0.2) is 11.1 Å². The molecule has 0 amide bonds. The SMILES string of the molecule is Cc1cc([C@H](N)CN)c(C)n1C(C)C. The van der Waals surface area contributed by atoms with Crippen LogP contribution in [0.5, 0.6) is 0 Å². The Hall–Kier alpha value is -0.800. The standard InChI is InChI=1S/C11H21N3/c1-7(2)14-8(3)5-10(9(14)4)11(13)6-12/h5,7,11H,6,12-13H2,1-4H3/t11-/m1/s1. The number of hydrogen-bond donors (Lipinski definition) is 2. The van der Waals surface area contributed by atoms with E-state index >= 15 is 0 Å². The zero-order valence-electron chi connectivity index (χ0n) is 9.54. The van der Waals surface area contributed by atoms with Gasteiger partial charge in [-0.2, -0.15) is 0 Å². The molecule has 0 fully saturated rings. The van der Waals surface area contributed by atoms with Gasteiger partial charge in [0.05, 0.1) is 0 Å². The molecule has 1 aromatic rings. The van der Waals surface area contributed by atoms with E-state index in [1.165, 1.54) is 17.0 Å². The van der Waals surface area contributed by atoms with Crippen LogP contribution in [0.2, 0.25) is 0 Å². The Bertz CT molecular complexity index is 313. The Labute approximate surface area is 86.1 Å². The summed E-state index contributed by atoms with van der Waals surface area (Å²) in [6.07, 6.45) is 0. The average Bonchev–Trinajstić information content (AvgIpc) is 2.40. The summed E-state index contributed by atoms with van der Waals surface area (Å²) in [7, 11) is 0. The van der Waals surface area contributed by atoms with Crippen molar-refractivity contribution in [2.45, 2.75) is 39.8 Å². The Kier molecular flexibility index (Phi) is 3.34. The lowest BCUT2D eigenvalue weighted by Gasteiger charge is -2.15. The van der Waals surface area contributed by atoms with Crippen LogP contribution in [0.3, 0.4) is 0 Å². The molecule has 0 unspecified atom stereocenters. The topological polar surface area (TPSA) is 57.0 Å². The second-order valence-corrected chi connectivity index (χ2v) is 4.13. The smallest absolute Gasteiger partial charge is 0.0437 e. The summed E-state index contributed by atoms with van der Waals surface area (Å²) in [6, 6.07) is 2.59. The molecule has 0 aliphatic rings. The van der Waals surface area contributed by atoms with Gasteiger partial charge in [-0.1, -0.05) is 0 Å². The summed E-state index contributed by atoms with van der Waals surface area (Å²) < 4.78 is 2.30. The van der Waals surface area contributed by atoms with Crippen LogP contribution in [0, 0.1) is 13.8 Å². The molecule has 1 aromatic heterocycles. The van der Waals surface area contributed by atoms with Gasteiger partial charge in [0.15, 0.2) is 0 Å². The fourth-order valence-electron chi connectivity index (χ4n) is 2.10. The average molecular weight is 195 g/mol. The molecular weight excluding hydrogens is 174 g/mol. The lowest BCUT2D eigenvalue weighted by molar-refractivity contribution is 0.570. The van der Waals surface area contributed by atoms with Gasteiger partial charge in [-0.05, 0) is 39.3 Å². The first-order valence-corrected chi connectivity index (χ1v) is 5.13. The highest BCUT2D eigenvalue weighted by molar-refractivity contribution is 5.30. The molecule has 0 aliphatic carbocycles. The van der Waals surface area contributed by atoms with Gasteiger partial charge in [-0.15, -0.1) is 0 Å². The Morgan fingerprint density at radius 2 is 1.93 bits per heavy atom. The van der Waals surface area contributed by atoms with E-state index in [-0.39, 0.29) is 6.04 Å². The van der Waals surface area contributed by atoms with Crippen molar-refractivity contribution in [3.63, 3.8) is 0 Å². The zero-order chi connectivity index (χ0) is 10.9. The highest BCUT2D eigenvalue weighted by atomic mass is 15.0. The van der Waals surface area contributed by atoms with Crippen LogP contribution in [0.1, 0.15) is 42.9 Å². The first-order valence-electron chi connectivity index (χ1n) is 5.13. The van der Waals surface area contributed by atoms with E-state index in [9.17, 15) is 0 Å². The van der Waals surface area contributed by atoms with Gasteiger partial charge in [0.1, 0.15) is 0 Å². The van der Waals surface area contributed by atoms with Crippen LogP contribution in [0.4, 0.5) is 0 Å². The highest BCUT2D eigenvalue weighted by Gasteiger charge is 2.15. The minimum atomic E-state index is -0.0336. The fraction of sp³-hybridized carbons (Fsp3) is 0.636. The summed E-state index contributed by atoms with van der Waals surface area (Å²) in [4.78, 5) is 0. The summed E-state index contributed by atoms with van der Waals surface area (Å²) in [5.41, 5.74) is 15.2. The van der Waals surface area contributed by atoms with Crippen molar-refractivity contribution < 1.29 is 0 Å². The molecule has 0 saturated carbocycles. The van der Waals surface area contributed by atoms with Crippen molar-refractivity contribution in [3.8, 4) is 0 Å². The number of aromatic nitrogens is 1. The first-order chi connectivity index (χ1) is 6.49. The lowest BCUT2D eigenvalue weighted by atomic mass is 10.1. The normalized spacial score (nSPS) is 13.6. The van der Waals surface area contributed by atoms with Crippen molar-refractivity contribution in [2.75, 3.05) is 6.54 Å². The van der Waals surface area contributed by atoms with E-state index in [2.05, 4.69) is 38.3 Å². The Balaban J connectivity index is 3.16. The molecule has 1 atom stereocenters. The van der Waals surface area contributed by atoms with Crippen LogP contribution >= 0.6 is 0 Å². The van der Waals surface area contributed by atoms with Crippen LogP contribution in [0.25, 0.3) is 0 Å². The van der Waals surface area contributed by atoms with Crippen LogP contribution in [-0.2, 0) is 0 Å². The molecule has 1 heterocycles. The molecular formula is C11H21N3. The number of nitrogens with zero attached hydrogens (tertiary/aromatic N) is 1. The minimum Gasteiger partial charge on any atom is -0.346 e. The monoisotopic (exact) mass is 195 g/mol. The molecule has 14 heavy (non-hydrogen) atoms. The highest BCUT2D eigenvalue weighted by Crippen LogP contribution is 2.23. The maximum absolute atomic E-state index is 5.94. The molecule has 0 aromatic carbocycles. The van der Waals surface area contributed by atoms with Crippen molar-refractivity contribution in [1.82, 2.24) is 4.57 Å². The number of rotatable bonds is 3. The maximum Gasteiger partial charge on any atom is 0.0437 e. The molecule has 0 aliphatic heterocycles. The van der Waals surface area contributed by atoms with Crippen LogP contribution in [0.15, 0.2) is 6.07 Å². The van der Waals surface area contributed by atoms with Gasteiger partial charge in [-0.25, -0.2) is 0 Å². The molecule has 0 spiro atoms. The van der Waals surface area contributed by atoms with E-state index in [0.717, 1.165) is 0 Å². The minimum absolute atomic E-state index is 0.0336. The number of nitrogens with two attached hydrogens (primary N) is 2. The van der Waals surface area contributed by atoms with E-state index in [1.807, 2.05) is 0 Å². The summed E-state index contributed by atoms with van der Waals surface area (Å²) in [5.74, 6) is 0. The van der Waals surface area contributed by atoms with Crippen molar-refractivity contribution in [2.24, 2.45) is 11.5 Å². The maximum atomic E-state index is 5.94. The summed E-state index contributed by atoms with van der Waals surface area (Å²) in [5, 5.41) is 0. The third kappa shape index (κ3) is 1.83. The third-order valence-electron chi connectivity index (χ3n) is 2.69. The van der Waals surface area contributed by atoms with Gasteiger partial charge >= 0.3 is 0 Å². The zero-order valence-corrected chi connectivity index (χ0v) is 9.54. The van der Waals surface area contributed by atoms with Crippen molar-refractivity contribution in [1.29, 1.82) is 0 Å². The van der Waals surface area contributed by atoms with Gasteiger partial charge in [0, 0.05) is 30.0 Å². The molecule has 0 saturated heterocycles. The molecule has 3 heteroatoms. The summed E-state index contributed by atoms with van der Waals surface area (Å²) >= 11 is 0. The predicted octanol–water partition coefficient (Wildman–Crippen LogP) is 1.64. The second kappa shape index (κ2) is 4.15. The number of hydrogen-bond acceptors (Lipinski definition) is 2. The van der Waals surface area contributed by atoms with Gasteiger partial charge in [-0.3, -0.25) is 0 Å². The quantitative estimate of drug-likeness (QED) is 0.770. The first kappa shape index (κ1) is 11.3. The second-order valence-electron chi connectivity index (χ2n) is 4.13. The molecule has 0 radical (unpaired) electrons. The third-order valence-corrected chi connectivity index (χ3v) is 2.69. The Morgan fingerprint density at radius 3 is 2.29 bits per heavy atom. The molecule has 3 nitrogen and oxygen atoms in total. The molecule has 0 bridgehead atoms.